The maximum Gasteiger partial charge on any atom is 0.304 e. The minimum Gasteiger partial charge on any atom is -0.354 e. The highest BCUT2D eigenvalue weighted by Gasteiger charge is 2.33. The number of carbonyl (C=O) groups excluding carboxylic acids is 2. The molecule has 1 N–H and O–H groups in total. The van der Waals surface area contributed by atoms with Gasteiger partial charge in [-0.3, -0.25) is 9.59 Å². The lowest BCUT2D eigenvalue weighted by Crippen LogP contribution is -2.52. The average Bonchev–Trinajstić information content (AvgIpc) is 2.81. The lowest BCUT2D eigenvalue weighted by atomic mass is 10.1. The first kappa shape index (κ1) is 28.6. The second-order valence-electron chi connectivity index (χ2n) is 8.70. The fourth-order valence-electron chi connectivity index (χ4n) is 3.45. The van der Waals surface area contributed by atoms with Crippen LogP contribution in [0.1, 0.15) is 37.0 Å². The van der Waals surface area contributed by atoms with E-state index in [0.29, 0.717) is 22.8 Å². The molecule has 0 aromatic heterocycles. The fourth-order valence-corrected chi connectivity index (χ4v) is 4.69. The number of benzene rings is 2. The van der Waals surface area contributed by atoms with Crippen LogP contribution in [-0.2, 0) is 26.3 Å². The molecule has 0 aliphatic heterocycles. The topological polar surface area (TPSA) is 90.0 Å². The Labute approximate surface area is 214 Å². The van der Waals surface area contributed by atoms with Crippen molar-refractivity contribution in [1.82, 2.24) is 14.5 Å². The van der Waals surface area contributed by atoms with Gasteiger partial charge in [-0.1, -0.05) is 42.8 Å². The summed E-state index contributed by atoms with van der Waals surface area (Å²) >= 11 is 6.00. The smallest absolute Gasteiger partial charge is 0.304 e. The molecule has 0 fully saturated rings. The van der Waals surface area contributed by atoms with Crippen LogP contribution in [-0.4, -0.2) is 62.7 Å². The number of amides is 2. The third-order valence-corrected chi connectivity index (χ3v) is 7.69. The average molecular weight is 523 g/mol. The molecule has 8 nitrogen and oxygen atoms in total. The Morgan fingerprint density at radius 1 is 1.06 bits per heavy atom. The number of nitrogens with one attached hydrogen (secondary N) is 1. The number of rotatable bonds is 11. The number of anilines is 1. The summed E-state index contributed by atoms with van der Waals surface area (Å²) in [5.41, 5.74) is 2.77. The standard InChI is InChI=1S/C25H35ClN4O4S/c1-7-14-27-25(32)20(4)29(16-21-10-12-22(26)13-11-21)24(31)17-30(35(33,34)28(5)6)23-15-18(2)8-9-19(23)3/h8-13,15,20H,7,14,16-17H2,1-6H3,(H,27,32)/t20-/m1/s1. The predicted octanol–water partition coefficient (Wildman–Crippen LogP) is 3.51. The van der Waals surface area contributed by atoms with E-state index in [2.05, 4.69) is 5.32 Å². The van der Waals surface area contributed by atoms with Crippen LogP contribution in [0.25, 0.3) is 0 Å². The van der Waals surface area contributed by atoms with Gasteiger partial charge in [-0.2, -0.15) is 12.7 Å². The van der Waals surface area contributed by atoms with E-state index in [1.807, 2.05) is 26.0 Å². The number of hydrogen-bond acceptors (Lipinski definition) is 4. The molecule has 2 aromatic rings. The van der Waals surface area contributed by atoms with Crippen LogP contribution in [0.4, 0.5) is 5.69 Å². The van der Waals surface area contributed by atoms with Crippen molar-refractivity contribution >= 4 is 39.3 Å². The third-order valence-electron chi connectivity index (χ3n) is 5.63. The third kappa shape index (κ3) is 7.43. The van der Waals surface area contributed by atoms with E-state index < -0.39 is 28.7 Å². The highest BCUT2D eigenvalue weighted by molar-refractivity contribution is 7.90. The van der Waals surface area contributed by atoms with Gasteiger partial charge in [-0.25, -0.2) is 4.31 Å². The summed E-state index contributed by atoms with van der Waals surface area (Å²) in [7, 11) is -1.16. The van der Waals surface area contributed by atoms with E-state index in [-0.39, 0.29) is 12.5 Å². The van der Waals surface area contributed by atoms with Crippen molar-refractivity contribution in [3.05, 3.63) is 64.2 Å². The van der Waals surface area contributed by atoms with Crippen LogP contribution < -0.4 is 9.62 Å². The van der Waals surface area contributed by atoms with Crippen LogP contribution >= 0.6 is 11.6 Å². The first-order valence-corrected chi connectivity index (χ1v) is 13.2. The Hall–Kier alpha value is -2.62. The highest BCUT2D eigenvalue weighted by Crippen LogP contribution is 2.26. The molecule has 2 rings (SSSR count). The molecule has 0 heterocycles. The van der Waals surface area contributed by atoms with Crippen LogP contribution in [0.2, 0.25) is 5.02 Å². The van der Waals surface area contributed by atoms with Crippen LogP contribution in [0.15, 0.2) is 42.5 Å². The van der Waals surface area contributed by atoms with Crippen molar-refractivity contribution in [3.63, 3.8) is 0 Å². The van der Waals surface area contributed by atoms with E-state index in [9.17, 15) is 18.0 Å². The fraction of sp³-hybridized carbons (Fsp3) is 0.440. The molecule has 0 unspecified atom stereocenters. The second-order valence-corrected chi connectivity index (χ2v) is 11.2. The summed E-state index contributed by atoms with van der Waals surface area (Å²) in [4.78, 5) is 27.9. The summed E-state index contributed by atoms with van der Waals surface area (Å²) in [5, 5.41) is 3.37. The van der Waals surface area contributed by atoms with Crippen molar-refractivity contribution in [2.24, 2.45) is 0 Å². The number of halogens is 1. The minimum absolute atomic E-state index is 0.124. The van der Waals surface area contributed by atoms with Gasteiger partial charge in [0.1, 0.15) is 12.6 Å². The van der Waals surface area contributed by atoms with Crippen LogP contribution in [0, 0.1) is 13.8 Å². The molecule has 0 bridgehead atoms. The zero-order valence-corrected chi connectivity index (χ0v) is 22.8. The SMILES string of the molecule is CCCNC(=O)[C@@H](C)N(Cc1ccc(Cl)cc1)C(=O)CN(c1cc(C)ccc1C)S(=O)(=O)N(C)C. The molecule has 0 saturated carbocycles. The molecular formula is C25H35ClN4O4S. The van der Waals surface area contributed by atoms with E-state index >= 15 is 0 Å². The quantitative estimate of drug-likeness (QED) is 0.489. The van der Waals surface area contributed by atoms with E-state index in [4.69, 9.17) is 11.6 Å². The number of hydrogen-bond donors (Lipinski definition) is 1. The van der Waals surface area contributed by atoms with Gasteiger partial charge in [0.05, 0.1) is 5.69 Å². The van der Waals surface area contributed by atoms with Gasteiger partial charge in [0.25, 0.3) is 0 Å². The van der Waals surface area contributed by atoms with Crippen molar-refractivity contribution in [3.8, 4) is 0 Å². The maximum absolute atomic E-state index is 13.7. The summed E-state index contributed by atoms with van der Waals surface area (Å²) in [6, 6.07) is 11.6. The number of nitrogens with zero attached hydrogens (tertiary/aromatic N) is 3. The Bertz CT molecular complexity index is 1140. The normalized spacial score (nSPS) is 12.3. The monoisotopic (exact) mass is 522 g/mol. The zero-order chi connectivity index (χ0) is 26.3. The van der Waals surface area contributed by atoms with Gasteiger partial charge in [0.15, 0.2) is 0 Å². The maximum atomic E-state index is 13.7. The molecular weight excluding hydrogens is 488 g/mol. The van der Waals surface area contributed by atoms with Crippen LogP contribution in [0.5, 0.6) is 0 Å². The van der Waals surface area contributed by atoms with Gasteiger partial charge in [-0.05, 0) is 62.1 Å². The van der Waals surface area contributed by atoms with Crippen molar-refractivity contribution in [1.29, 1.82) is 0 Å². The Morgan fingerprint density at radius 2 is 1.69 bits per heavy atom. The Balaban J connectivity index is 2.48. The van der Waals surface area contributed by atoms with E-state index in [0.717, 1.165) is 26.2 Å². The van der Waals surface area contributed by atoms with Gasteiger partial charge < -0.3 is 10.2 Å². The first-order chi connectivity index (χ1) is 16.4. The molecule has 1 atom stereocenters. The van der Waals surface area contributed by atoms with Crippen molar-refractivity contribution in [2.75, 3.05) is 31.5 Å². The largest absolute Gasteiger partial charge is 0.354 e. The highest BCUT2D eigenvalue weighted by atomic mass is 35.5. The first-order valence-electron chi connectivity index (χ1n) is 11.5. The van der Waals surface area contributed by atoms with Gasteiger partial charge >= 0.3 is 10.2 Å². The summed E-state index contributed by atoms with van der Waals surface area (Å²) < 4.78 is 28.7. The lowest BCUT2D eigenvalue weighted by Gasteiger charge is -2.33. The minimum atomic E-state index is -4.00. The summed E-state index contributed by atoms with van der Waals surface area (Å²) in [6.07, 6.45) is 0.755. The lowest BCUT2D eigenvalue weighted by molar-refractivity contribution is -0.139. The molecule has 0 aliphatic carbocycles. The summed E-state index contributed by atoms with van der Waals surface area (Å²) in [6.45, 7) is 7.39. The Morgan fingerprint density at radius 3 is 2.26 bits per heavy atom. The molecule has 2 amide bonds. The van der Waals surface area contributed by atoms with Gasteiger partial charge in [0.2, 0.25) is 11.8 Å². The number of carbonyl (C=O) groups is 2. The molecule has 0 saturated heterocycles. The molecule has 35 heavy (non-hydrogen) atoms. The second kappa shape index (κ2) is 12.4. The molecule has 0 radical (unpaired) electrons. The van der Waals surface area contributed by atoms with Gasteiger partial charge in [-0.15, -0.1) is 0 Å². The van der Waals surface area contributed by atoms with Crippen LogP contribution in [0.3, 0.4) is 0 Å². The molecule has 10 heteroatoms. The van der Waals surface area contributed by atoms with Crippen molar-refractivity contribution in [2.45, 2.75) is 46.7 Å². The number of aryl methyl sites for hydroxylation is 2. The Kier molecular flexibility index (Phi) is 10.1. The van der Waals surface area contributed by atoms with Gasteiger partial charge in [0, 0.05) is 32.2 Å². The molecule has 0 aliphatic rings. The predicted molar refractivity (Wildman–Crippen MR) is 141 cm³/mol. The van der Waals surface area contributed by atoms with E-state index in [1.54, 1.807) is 44.2 Å². The molecule has 0 spiro atoms. The van der Waals surface area contributed by atoms with E-state index in [1.165, 1.54) is 19.0 Å². The molecule has 2 aromatic carbocycles. The summed E-state index contributed by atoms with van der Waals surface area (Å²) in [5.74, 6) is -0.798. The zero-order valence-electron chi connectivity index (χ0n) is 21.2. The van der Waals surface area contributed by atoms with Crippen molar-refractivity contribution < 1.29 is 18.0 Å². The molecule has 192 valence electrons.